The summed E-state index contributed by atoms with van der Waals surface area (Å²) in [6.07, 6.45) is 5.61. The van der Waals surface area contributed by atoms with Gasteiger partial charge in [-0.05, 0) is 50.9 Å². The molecule has 4 nitrogen and oxygen atoms in total. The molecule has 2 aliphatic heterocycles. The second-order valence-electron chi connectivity index (χ2n) is 6.46. The largest absolute Gasteiger partial charge is 0.481 e. The Morgan fingerprint density at radius 3 is 2.24 bits per heavy atom. The van der Waals surface area contributed by atoms with E-state index in [0.29, 0.717) is 5.54 Å². The predicted octanol–water partition coefficient (Wildman–Crippen LogP) is 4.71. The van der Waals surface area contributed by atoms with Crippen LogP contribution in [0.4, 0.5) is 8.78 Å². The Bertz CT molecular complexity index is 476. The smallest absolute Gasteiger partial charge is 0.269 e. The lowest BCUT2D eigenvalue weighted by atomic mass is 9.95. The Labute approximate surface area is 150 Å². The van der Waals surface area contributed by atoms with Gasteiger partial charge in [-0.25, -0.2) is 13.8 Å². The lowest BCUT2D eigenvalue weighted by molar-refractivity contribution is 0.0655. The lowest BCUT2D eigenvalue weighted by Crippen LogP contribution is -2.42. The van der Waals surface area contributed by atoms with Gasteiger partial charge in [-0.3, -0.25) is 4.90 Å². The Morgan fingerprint density at radius 2 is 1.80 bits per heavy atom. The maximum absolute atomic E-state index is 12.1. The number of halogens is 2. The van der Waals surface area contributed by atoms with Crippen LogP contribution in [0.1, 0.15) is 57.9 Å². The molecule has 0 unspecified atom stereocenters. The summed E-state index contributed by atoms with van der Waals surface area (Å²) in [6.45, 7) is 7.82. The van der Waals surface area contributed by atoms with E-state index in [4.69, 9.17) is 4.74 Å². The van der Waals surface area contributed by atoms with E-state index in [9.17, 15) is 8.78 Å². The number of fused-ring (bicyclic) bond motifs is 1. The first kappa shape index (κ1) is 21.8. The van der Waals surface area contributed by atoms with Gasteiger partial charge in [-0.2, -0.15) is 0 Å². The van der Waals surface area contributed by atoms with Gasteiger partial charge >= 0.3 is 0 Å². The van der Waals surface area contributed by atoms with Crippen molar-refractivity contribution >= 4 is 0 Å². The van der Waals surface area contributed by atoms with Gasteiger partial charge in [0.05, 0.1) is 19.3 Å². The van der Waals surface area contributed by atoms with Crippen LogP contribution in [0.15, 0.2) is 18.3 Å². The van der Waals surface area contributed by atoms with Crippen LogP contribution < -0.4 is 4.74 Å². The van der Waals surface area contributed by atoms with Crippen molar-refractivity contribution in [3.63, 3.8) is 0 Å². The maximum Gasteiger partial charge on any atom is 0.269 e. The molecule has 0 saturated carbocycles. The molecule has 0 amide bonds. The van der Waals surface area contributed by atoms with Crippen molar-refractivity contribution in [1.29, 1.82) is 0 Å². The van der Waals surface area contributed by atoms with Gasteiger partial charge in [0.1, 0.15) is 0 Å². The average Bonchev–Trinajstić information content (AvgIpc) is 3.16. The van der Waals surface area contributed by atoms with Crippen LogP contribution in [-0.4, -0.2) is 49.3 Å². The molecule has 144 valence electrons. The highest BCUT2D eigenvalue weighted by atomic mass is 19.3. The first-order chi connectivity index (χ1) is 12.0. The second kappa shape index (κ2) is 11.4. The summed E-state index contributed by atoms with van der Waals surface area (Å²) in [6, 6.07) is 2.74. The summed E-state index contributed by atoms with van der Waals surface area (Å²) in [4.78, 5) is 6.24. The summed E-state index contributed by atoms with van der Waals surface area (Å²) in [7, 11) is 3.14. The zero-order valence-electron chi connectivity index (χ0n) is 15.9. The van der Waals surface area contributed by atoms with E-state index < -0.39 is 6.43 Å². The molecule has 0 aliphatic carbocycles. The zero-order chi connectivity index (χ0) is 18.7. The van der Waals surface area contributed by atoms with E-state index >= 15 is 0 Å². The minimum atomic E-state index is -2.53. The van der Waals surface area contributed by atoms with Gasteiger partial charge in [0.25, 0.3) is 6.43 Å². The number of hydrogen-bond donors (Lipinski definition) is 0. The molecule has 2 aliphatic rings. The third-order valence-corrected chi connectivity index (χ3v) is 4.45. The topological polar surface area (TPSA) is 34.6 Å². The van der Waals surface area contributed by atoms with Gasteiger partial charge in [-0.15, -0.1) is 0 Å². The molecule has 1 aromatic rings. The first-order valence-corrected chi connectivity index (χ1v) is 9.05. The van der Waals surface area contributed by atoms with Crippen LogP contribution in [0.25, 0.3) is 0 Å². The fraction of sp³-hybridized carbons (Fsp3) is 0.737. The van der Waals surface area contributed by atoms with Crippen molar-refractivity contribution in [2.24, 2.45) is 0 Å². The highest BCUT2D eigenvalue weighted by Crippen LogP contribution is 2.38. The molecular weight excluding hydrogens is 326 g/mol. The zero-order valence-corrected chi connectivity index (χ0v) is 15.9. The molecule has 25 heavy (non-hydrogen) atoms. The number of methoxy groups -OCH3 is 2. The molecule has 0 atom stereocenters. The van der Waals surface area contributed by atoms with Gasteiger partial charge < -0.3 is 9.47 Å². The van der Waals surface area contributed by atoms with Gasteiger partial charge in [0, 0.05) is 18.8 Å². The molecule has 6 heteroatoms. The van der Waals surface area contributed by atoms with Crippen molar-refractivity contribution in [3.8, 4) is 5.88 Å². The number of nitrogens with zero attached hydrogens (tertiary/aromatic N) is 2. The van der Waals surface area contributed by atoms with Gasteiger partial charge in [-0.1, -0.05) is 20.3 Å². The Morgan fingerprint density at radius 1 is 1.20 bits per heavy atom. The first-order valence-electron chi connectivity index (χ1n) is 9.05. The predicted molar refractivity (Wildman–Crippen MR) is 96.4 cm³/mol. The van der Waals surface area contributed by atoms with E-state index in [1.165, 1.54) is 70.6 Å². The second-order valence-corrected chi connectivity index (χ2v) is 6.46. The van der Waals surface area contributed by atoms with Crippen LogP contribution in [0.5, 0.6) is 5.88 Å². The van der Waals surface area contributed by atoms with Crippen molar-refractivity contribution in [2.75, 3.05) is 33.9 Å². The molecule has 3 heterocycles. The molecule has 0 bridgehead atoms. The third-order valence-electron chi connectivity index (χ3n) is 4.45. The number of ether oxygens (including phenoxy) is 2. The SMILES string of the molecule is CCC.COCC12CCCN1CCC2.COc1ncccc1C(F)F. The van der Waals surface area contributed by atoms with Crippen LogP contribution in [0, 0.1) is 0 Å². The van der Waals surface area contributed by atoms with Crippen LogP contribution in [0.2, 0.25) is 0 Å². The fourth-order valence-electron chi connectivity index (χ4n) is 3.47. The molecule has 3 rings (SSSR count). The molecular formula is C19H32F2N2O2. The maximum atomic E-state index is 12.1. The van der Waals surface area contributed by atoms with Crippen molar-refractivity contribution in [2.45, 2.75) is 57.9 Å². The van der Waals surface area contributed by atoms with Gasteiger partial charge in [0.2, 0.25) is 5.88 Å². The number of rotatable bonds is 4. The van der Waals surface area contributed by atoms with E-state index in [1.807, 2.05) is 7.11 Å². The van der Waals surface area contributed by atoms with E-state index in [2.05, 4.69) is 28.5 Å². The summed E-state index contributed by atoms with van der Waals surface area (Å²) in [5, 5.41) is 0. The Kier molecular flexibility index (Phi) is 9.90. The standard InChI is InChI=1S/C9H17NO.C7H7F2NO.C3H8/c1-11-8-9-4-2-6-10(9)7-3-5-9;1-11-7-5(6(8)9)3-2-4-10-7;1-3-2/h2-8H2,1H3;2-4,6H,1H3;3H2,1-2H3. The van der Waals surface area contributed by atoms with E-state index in [-0.39, 0.29) is 11.4 Å². The highest BCUT2D eigenvalue weighted by Gasteiger charge is 2.43. The van der Waals surface area contributed by atoms with Crippen LogP contribution in [0.3, 0.4) is 0 Å². The average molecular weight is 358 g/mol. The molecule has 0 spiro atoms. The fourth-order valence-corrected chi connectivity index (χ4v) is 3.47. The van der Waals surface area contributed by atoms with Crippen molar-refractivity contribution in [3.05, 3.63) is 23.9 Å². The summed E-state index contributed by atoms with van der Waals surface area (Å²) < 4.78 is 34.1. The molecule has 0 aromatic carbocycles. The van der Waals surface area contributed by atoms with E-state index in [0.717, 1.165) is 6.61 Å². The van der Waals surface area contributed by atoms with Gasteiger partial charge in [0.15, 0.2) is 0 Å². The van der Waals surface area contributed by atoms with E-state index in [1.54, 1.807) is 0 Å². The molecule has 0 radical (unpaired) electrons. The Balaban J connectivity index is 0.000000217. The van der Waals surface area contributed by atoms with Crippen molar-refractivity contribution in [1.82, 2.24) is 9.88 Å². The lowest BCUT2D eigenvalue weighted by Gasteiger charge is -2.30. The Hall–Kier alpha value is -1.27. The van der Waals surface area contributed by atoms with Crippen molar-refractivity contribution < 1.29 is 18.3 Å². The van der Waals surface area contributed by atoms with Crippen LogP contribution >= 0.6 is 0 Å². The molecule has 1 aromatic heterocycles. The summed E-state index contributed by atoms with van der Waals surface area (Å²) in [5.41, 5.74) is 0.296. The summed E-state index contributed by atoms with van der Waals surface area (Å²) >= 11 is 0. The van der Waals surface area contributed by atoms with Crippen LogP contribution in [-0.2, 0) is 4.74 Å². The number of pyridine rings is 1. The highest BCUT2D eigenvalue weighted by molar-refractivity contribution is 5.26. The summed E-state index contributed by atoms with van der Waals surface area (Å²) in [5.74, 6) is -0.0116. The number of hydrogen-bond acceptors (Lipinski definition) is 4. The third kappa shape index (κ3) is 6.19. The quantitative estimate of drug-likeness (QED) is 0.781. The number of alkyl halides is 2. The molecule has 2 saturated heterocycles. The minimum absolute atomic E-state index is 0.0116. The molecule has 0 N–H and O–H groups in total. The number of aromatic nitrogens is 1. The normalized spacial score (nSPS) is 18.0. The molecule has 2 fully saturated rings. The monoisotopic (exact) mass is 358 g/mol. The minimum Gasteiger partial charge on any atom is -0.481 e.